The molecular weight excluding hydrogens is 206 g/mol. The molecule has 2 rings (SSSR count). The van der Waals surface area contributed by atoms with Crippen LogP contribution >= 0.6 is 0 Å². The van der Waals surface area contributed by atoms with E-state index in [-0.39, 0.29) is 11.7 Å². The first-order chi connectivity index (χ1) is 7.57. The fraction of sp³-hybridized carbons (Fsp3) is 0.909. The zero-order chi connectivity index (χ0) is 11.6. The van der Waals surface area contributed by atoms with Crippen LogP contribution in [-0.2, 0) is 4.74 Å². The lowest BCUT2D eigenvalue weighted by Crippen LogP contribution is -2.46. The average Bonchev–Trinajstić information content (AvgIpc) is 2.59. The fourth-order valence-corrected chi connectivity index (χ4v) is 2.16. The van der Waals surface area contributed by atoms with Gasteiger partial charge in [-0.15, -0.1) is 0 Å². The molecule has 1 atom stereocenters. The summed E-state index contributed by atoms with van der Waals surface area (Å²) in [5.41, 5.74) is -0.305. The van der Waals surface area contributed by atoms with Crippen LogP contribution < -0.4 is 5.32 Å². The Morgan fingerprint density at radius 2 is 2.06 bits per heavy atom. The minimum atomic E-state index is -0.305. The summed E-state index contributed by atoms with van der Waals surface area (Å²) < 4.78 is 5.27. The Morgan fingerprint density at radius 1 is 1.38 bits per heavy atom. The van der Waals surface area contributed by atoms with E-state index in [0.29, 0.717) is 6.54 Å². The normalized spacial score (nSPS) is 32.5. The Kier molecular flexibility index (Phi) is 3.35. The summed E-state index contributed by atoms with van der Waals surface area (Å²) in [6.45, 7) is 8.16. The molecule has 16 heavy (non-hydrogen) atoms. The van der Waals surface area contributed by atoms with Crippen LogP contribution in [0.5, 0.6) is 0 Å². The van der Waals surface area contributed by atoms with Gasteiger partial charge in [-0.2, -0.15) is 0 Å². The van der Waals surface area contributed by atoms with Gasteiger partial charge in [0.25, 0.3) is 0 Å². The van der Waals surface area contributed by atoms with Gasteiger partial charge >= 0.3 is 6.09 Å². The number of carbonyl (C=O) groups is 1. The highest BCUT2D eigenvalue weighted by Gasteiger charge is 2.35. The predicted molar refractivity (Wildman–Crippen MR) is 61.4 cm³/mol. The molecular formula is C11H21N3O2. The number of hydrogen-bond acceptors (Lipinski definition) is 4. The van der Waals surface area contributed by atoms with Crippen molar-refractivity contribution < 1.29 is 9.53 Å². The van der Waals surface area contributed by atoms with Gasteiger partial charge in [0.15, 0.2) is 0 Å². The smallest absolute Gasteiger partial charge is 0.407 e. The molecule has 1 unspecified atom stereocenters. The topological polar surface area (TPSA) is 44.8 Å². The van der Waals surface area contributed by atoms with Crippen LogP contribution in [0.4, 0.5) is 4.79 Å². The van der Waals surface area contributed by atoms with E-state index < -0.39 is 0 Å². The number of hydrogen-bond donors (Lipinski definition) is 1. The van der Waals surface area contributed by atoms with E-state index in [4.69, 9.17) is 4.74 Å². The van der Waals surface area contributed by atoms with Gasteiger partial charge in [0.1, 0.15) is 5.60 Å². The largest absolute Gasteiger partial charge is 0.441 e. The maximum atomic E-state index is 11.0. The summed E-state index contributed by atoms with van der Waals surface area (Å²) in [5, 5.41) is 2.72. The van der Waals surface area contributed by atoms with E-state index in [1.54, 1.807) is 0 Å². The van der Waals surface area contributed by atoms with Crippen molar-refractivity contribution >= 4 is 6.09 Å². The lowest BCUT2D eigenvalue weighted by atomic mass is 10.0. The number of piperazine rings is 1. The molecule has 2 aliphatic rings. The van der Waals surface area contributed by atoms with Crippen molar-refractivity contribution in [1.29, 1.82) is 0 Å². The number of ether oxygens (including phenoxy) is 1. The second kappa shape index (κ2) is 4.59. The average molecular weight is 227 g/mol. The molecule has 2 heterocycles. The highest BCUT2D eigenvalue weighted by molar-refractivity contribution is 5.70. The standard InChI is InChI=1S/C11H21N3O2/c1-11(9-12-10(15)16-11)3-4-14-7-5-13(2)6-8-14/h3-9H2,1-2H3,(H,12,15). The highest BCUT2D eigenvalue weighted by Crippen LogP contribution is 2.20. The Bertz CT molecular complexity index is 264. The lowest BCUT2D eigenvalue weighted by Gasteiger charge is -2.34. The Morgan fingerprint density at radius 3 is 2.62 bits per heavy atom. The van der Waals surface area contributed by atoms with Gasteiger partial charge in [-0.25, -0.2) is 4.79 Å². The van der Waals surface area contributed by atoms with Crippen LogP contribution in [0.15, 0.2) is 0 Å². The predicted octanol–water partition coefficient (Wildman–Crippen LogP) is 0.122. The second-order valence-electron chi connectivity index (χ2n) is 5.09. The van der Waals surface area contributed by atoms with Gasteiger partial charge < -0.3 is 19.9 Å². The van der Waals surface area contributed by atoms with E-state index in [2.05, 4.69) is 22.2 Å². The van der Waals surface area contributed by atoms with E-state index in [0.717, 1.165) is 39.1 Å². The van der Waals surface area contributed by atoms with Crippen molar-refractivity contribution in [1.82, 2.24) is 15.1 Å². The molecule has 0 bridgehead atoms. The molecule has 0 saturated carbocycles. The number of carbonyl (C=O) groups excluding carboxylic acids is 1. The van der Waals surface area contributed by atoms with Crippen molar-refractivity contribution in [2.24, 2.45) is 0 Å². The number of nitrogens with zero attached hydrogens (tertiary/aromatic N) is 2. The third kappa shape index (κ3) is 2.86. The van der Waals surface area contributed by atoms with Crippen LogP contribution in [-0.4, -0.2) is 67.8 Å². The summed E-state index contributed by atoms with van der Waals surface area (Å²) in [6, 6.07) is 0. The van der Waals surface area contributed by atoms with Gasteiger partial charge in [0.05, 0.1) is 6.54 Å². The van der Waals surface area contributed by atoms with E-state index in [1.807, 2.05) is 6.92 Å². The molecule has 0 spiro atoms. The van der Waals surface area contributed by atoms with E-state index in [1.165, 1.54) is 0 Å². The number of likely N-dealkylation sites (N-methyl/N-ethyl adjacent to an activating group) is 1. The number of nitrogens with one attached hydrogen (secondary N) is 1. The molecule has 0 aromatic carbocycles. The van der Waals surface area contributed by atoms with Crippen LogP contribution in [0.1, 0.15) is 13.3 Å². The van der Waals surface area contributed by atoms with Crippen LogP contribution in [0.2, 0.25) is 0 Å². The number of alkyl carbamates (subject to hydrolysis) is 1. The number of amides is 1. The quantitative estimate of drug-likeness (QED) is 0.744. The molecule has 92 valence electrons. The van der Waals surface area contributed by atoms with Crippen molar-refractivity contribution in [3.05, 3.63) is 0 Å². The first-order valence-electron chi connectivity index (χ1n) is 5.95. The maximum Gasteiger partial charge on any atom is 0.407 e. The van der Waals surface area contributed by atoms with Gasteiger partial charge in [-0.05, 0) is 14.0 Å². The number of rotatable bonds is 3. The van der Waals surface area contributed by atoms with Crippen molar-refractivity contribution in [2.45, 2.75) is 18.9 Å². The third-order valence-corrected chi connectivity index (χ3v) is 3.50. The van der Waals surface area contributed by atoms with Gasteiger partial charge in [0, 0.05) is 39.1 Å². The molecule has 0 aromatic rings. The Hall–Kier alpha value is -0.810. The molecule has 2 aliphatic heterocycles. The van der Waals surface area contributed by atoms with Crippen LogP contribution in [0.3, 0.4) is 0 Å². The lowest BCUT2D eigenvalue weighted by molar-refractivity contribution is 0.0489. The van der Waals surface area contributed by atoms with Crippen LogP contribution in [0.25, 0.3) is 0 Å². The minimum Gasteiger partial charge on any atom is -0.441 e. The summed E-state index contributed by atoms with van der Waals surface area (Å²) >= 11 is 0. The molecule has 1 N–H and O–H groups in total. The fourth-order valence-electron chi connectivity index (χ4n) is 2.16. The maximum absolute atomic E-state index is 11.0. The summed E-state index contributed by atoms with van der Waals surface area (Å²) in [7, 11) is 2.15. The van der Waals surface area contributed by atoms with Gasteiger partial charge in [0.2, 0.25) is 0 Å². The Labute approximate surface area is 96.7 Å². The van der Waals surface area contributed by atoms with Crippen LogP contribution in [0, 0.1) is 0 Å². The number of cyclic esters (lactones) is 1. The molecule has 5 heteroatoms. The highest BCUT2D eigenvalue weighted by atomic mass is 16.6. The summed E-state index contributed by atoms with van der Waals surface area (Å²) in [4.78, 5) is 15.8. The molecule has 0 aliphatic carbocycles. The Balaban J connectivity index is 1.73. The monoisotopic (exact) mass is 227 g/mol. The van der Waals surface area contributed by atoms with E-state index in [9.17, 15) is 4.79 Å². The molecule has 0 radical (unpaired) electrons. The summed E-state index contributed by atoms with van der Waals surface area (Å²) in [5.74, 6) is 0. The van der Waals surface area contributed by atoms with E-state index >= 15 is 0 Å². The third-order valence-electron chi connectivity index (χ3n) is 3.50. The SMILES string of the molecule is CN1CCN(CCC2(C)CNC(=O)O2)CC1. The van der Waals surface area contributed by atoms with Gasteiger partial charge in [-0.3, -0.25) is 0 Å². The zero-order valence-electron chi connectivity index (χ0n) is 10.2. The molecule has 2 fully saturated rings. The molecule has 2 saturated heterocycles. The second-order valence-corrected chi connectivity index (χ2v) is 5.09. The summed E-state index contributed by atoms with van der Waals surface area (Å²) in [6.07, 6.45) is 0.635. The van der Waals surface area contributed by atoms with Crippen molar-refractivity contribution in [3.63, 3.8) is 0 Å². The van der Waals surface area contributed by atoms with Gasteiger partial charge in [-0.1, -0.05) is 0 Å². The first kappa shape index (κ1) is 11.7. The van der Waals surface area contributed by atoms with Crippen molar-refractivity contribution in [3.8, 4) is 0 Å². The molecule has 5 nitrogen and oxygen atoms in total. The first-order valence-corrected chi connectivity index (χ1v) is 5.95. The zero-order valence-corrected chi connectivity index (χ0v) is 10.2. The molecule has 1 amide bonds. The minimum absolute atomic E-state index is 0.277. The molecule has 0 aromatic heterocycles. The van der Waals surface area contributed by atoms with Crippen molar-refractivity contribution in [2.75, 3.05) is 46.3 Å².